The second-order valence-electron chi connectivity index (χ2n) is 4.67. The SMILES string of the molecule is CCc1ccc(CSc2nc3cc(N)ccc3o2)cc1. The van der Waals surface area contributed by atoms with Crippen LogP contribution in [0.5, 0.6) is 0 Å². The molecule has 2 N–H and O–H groups in total. The largest absolute Gasteiger partial charge is 0.431 e. The molecule has 4 heteroatoms. The van der Waals surface area contributed by atoms with Gasteiger partial charge in [0.25, 0.3) is 5.22 Å². The molecule has 3 nitrogen and oxygen atoms in total. The van der Waals surface area contributed by atoms with Gasteiger partial charge in [-0.1, -0.05) is 43.0 Å². The third-order valence-electron chi connectivity index (χ3n) is 3.19. The quantitative estimate of drug-likeness (QED) is 0.574. The van der Waals surface area contributed by atoms with Crippen LogP contribution in [-0.4, -0.2) is 4.98 Å². The number of nitrogens with two attached hydrogens (primary N) is 1. The smallest absolute Gasteiger partial charge is 0.257 e. The molecule has 1 aromatic heterocycles. The molecule has 0 saturated heterocycles. The Morgan fingerprint density at radius 1 is 1.10 bits per heavy atom. The molecule has 0 aliphatic heterocycles. The Bertz CT molecular complexity index is 719. The Labute approximate surface area is 122 Å². The standard InChI is InChI=1S/C16H16N2OS/c1-2-11-3-5-12(6-4-11)10-20-16-18-14-9-13(17)7-8-15(14)19-16/h3-9H,2,10,17H2,1H3. The lowest BCUT2D eigenvalue weighted by molar-refractivity contribution is 0.489. The summed E-state index contributed by atoms with van der Waals surface area (Å²) in [6, 6.07) is 14.2. The predicted octanol–water partition coefficient (Wildman–Crippen LogP) is 4.26. The summed E-state index contributed by atoms with van der Waals surface area (Å²) < 4.78 is 5.69. The number of aromatic nitrogens is 1. The van der Waals surface area contributed by atoms with E-state index in [-0.39, 0.29) is 0 Å². The van der Waals surface area contributed by atoms with E-state index in [0.717, 1.165) is 23.3 Å². The minimum Gasteiger partial charge on any atom is -0.431 e. The number of hydrogen-bond donors (Lipinski definition) is 1. The Morgan fingerprint density at radius 3 is 2.60 bits per heavy atom. The molecule has 0 unspecified atom stereocenters. The van der Waals surface area contributed by atoms with Crippen molar-refractivity contribution < 1.29 is 4.42 Å². The van der Waals surface area contributed by atoms with Gasteiger partial charge in [0.05, 0.1) is 0 Å². The molecule has 0 fully saturated rings. The van der Waals surface area contributed by atoms with E-state index in [1.54, 1.807) is 11.8 Å². The molecule has 0 spiro atoms. The minimum absolute atomic E-state index is 0.685. The highest BCUT2D eigenvalue weighted by Gasteiger charge is 2.06. The van der Waals surface area contributed by atoms with E-state index < -0.39 is 0 Å². The lowest BCUT2D eigenvalue weighted by Crippen LogP contribution is -1.83. The average Bonchev–Trinajstić information content (AvgIpc) is 2.87. The van der Waals surface area contributed by atoms with Crippen LogP contribution >= 0.6 is 11.8 Å². The van der Waals surface area contributed by atoms with E-state index in [9.17, 15) is 0 Å². The average molecular weight is 284 g/mol. The van der Waals surface area contributed by atoms with Crippen molar-refractivity contribution in [1.29, 1.82) is 0 Å². The first-order valence-corrected chi connectivity index (χ1v) is 7.60. The van der Waals surface area contributed by atoms with Gasteiger partial charge in [0.15, 0.2) is 5.58 Å². The van der Waals surface area contributed by atoms with Gasteiger partial charge in [-0.3, -0.25) is 0 Å². The minimum atomic E-state index is 0.685. The molecular weight excluding hydrogens is 268 g/mol. The van der Waals surface area contributed by atoms with Crippen LogP contribution in [0.4, 0.5) is 5.69 Å². The number of anilines is 1. The maximum absolute atomic E-state index is 5.74. The highest BCUT2D eigenvalue weighted by molar-refractivity contribution is 7.98. The number of fused-ring (bicyclic) bond motifs is 1. The first-order chi connectivity index (χ1) is 9.74. The van der Waals surface area contributed by atoms with Gasteiger partial charge in [0.2, 0.25) is 0 Å². The van der Waals surface area contributed by atoms with Gasteiger partial charge in [-0.05, 0) is 35.7 Å². The molecule has 3 aromatic rings. The summed E-state index contributed by atoms with van der Waals surface area (Å²) in [5, 5.41) is 0.685. The van der Waals surface area contributed by atoms with Crippen LogP contribution in [0.2, 0.25) is 0 Å². The Hall–Kier alpha value is -1.94. The summed E-state index contributed by atoms with van der Waals surface area (Å²) >= 11 is 1.60. The lowest BCUT2D eigenvalue weighted by Gasteiger charge is -2.00. The maximum Gasteiger partial charge on any atom is 0.257 e. The molecule has 0 amide bonds. The third kappa shape index (κ3) is 2.80. The van der Waals surface area contributed by atoms with E-state index in [0.29, 0.717) is 10.9 Å². The van der Waals surface area contributed by atoms with Crippen LogP contribution in [-0.2, 0) is 12.2 Å². The highest BCUT2D eigenvalue weighted by Crippen LogP contribution is 2.27. The van der Waals surface area contributed by atoms with Crippen molar-refractivity contribution in [2.75, 3.05) is 5.73 Å². The van der Waals surface area contributed by atoms with Crippen molar-refractivity contribution in [3.63, 3.8) is 0 Å². The van der Waals surface area contributed by atoms with E-state index in [2.05, 4.69) is 36.2 Å². The molecule has 102 valence electrons. The third-order valence-corrected chi connectivity index (χ3v) is 4.08. The zero-order valence-corrected chi connectivity index (χ0v) is 12.1. The molecule has 20 heavy (non-hydrogen) atoms. The molecule has 2 aromatic carbocycles. The normalized spacial score (nSPS) is 11.1. The van der Waals surface area contributed by atoms with Gasteiger partial charge in [-0.15, -0.1) is 0 Å². The van der Waals surface area contributed by atoms with E-state index in [1.165, 1.54) is 11.1 Å². The first-order valence-electron chi connectivity index (χ1n) is 6.61. The van der Waals surface area contributed by atoms with Crippen LogP contribution < -0.4 is 5.73 Å². The summed E-state index contributed by atoms with van der Waals surface area (Å²) in [6.07, 6.45) is 1.07. The molecule has 0 saturated carbocycles. The van der Waals surface area contributed by atoms with Crippen LogP contribution in [0.1, 0.15) is 18.1 Å². The van der Waals surface area contributed by atoms with Gasteiger partial charge in [0, 0.05) is 11.4 Å². The van der Waals surface area contributed by atoms with Gasteiger partial charge in [-0.2, -0.15) is 0 Å². The zero-order chi connectivity index (χ0) is 13.9. The Morgan fingerprint density at radius 2 is 1.85 bits per heavy atom. The van der Waals surface area contributed by atoms with E-state index in [1.807, 2.05) is 18.2 Å². The second kappa shape index (κ2) is 5.59. The van der Waals surface area contributed by atoms with Gasteiger partial charge in [0.1, 0.15) is 5.52 Å². The van der Waals surface area contributed by atoms with E-state index >= 15 is 0 Å². The fourth-order valence-corrected chi connectivity index (χ4v) is 2.80. The van der Waals surface area contributed by atoms with Crippen LogP contribution in [0.15, 0.2) is 52.1 Å². The fraction of sp³-hybridized carbons (Fsp3) is 0.188. The predicted molar refractivity (Wildman–Crippen MR) is 83.8 cm³/mol. The van der Waals surface area contributed by atoms with Gasteiger partial charge >= 0.3 is 0 Å². The van der Waals surface area contributed by atoms with Crippen molar-refractivity contribution in [3.8, 4) is 0 Å². The number of thioether (sulfide) groups is 1. The maximum atomic E-state index is 5.74. The van der Waals surface area contributed by atoms with Crippen LogP contribution in [0.3, 0.4) is 0 Å². The summed E-state index contributed by atoms with van der Waals surface area (Å²) in [5.41, 5.74) is 10.7. The van der Waals surface area contributed by atoms with Crippen molar-refractivity contribution in [1.82, 2.24) is 4.98 Å². The lowest BCUT2D eigenvalue weighted by atomic mass is 10.1. The molecule has 3 rings (SSSR count). The summed E-state index contributed by atoms with van der Waals surface area (Å²) in [7, 11) is 0. The molecule has 0 radical (unpaired) electrons. The van der Waals surface area contributed by atoms with Crippen molar-refractivity contribution in [3.05, 3.63) is 53.6 Å². The molecule has 1 heterocycles. The monoisotopic (exact) mass is 284 g/mol. The Balaban J connectivity index is 1.72. The number of hydrogen-bond acceptors (Lipinski definition) is 4. The Kier molecular flexibility index (Phi) is 3.65. The number of oxazole rings is 1. The van der Waals surface area contributed by atoms with Crippen molar-refractivity contribution >= 4 is 28.5 Å². The number of aryl methyl sites for hydroxylation is 1. The number of benzene rings is 2. The van der Waals surface area contributed by atoms with Crippen LogP contribution in [0, 0.1) is 0 Å². The number of rotatable bonds is 4. The molecule has 0 aliphatic carbocycles. The van der Waals surface area contributed by atoms with Crippen molar-refractivity contribution in [2.45, 2.75) is 24.3 Å². The second-order valence-corrected chi connectivity index (χ2v) is 5.59. The fourth-order valence-electron chi connectivity index (χ4n) is 2.00. The number of nitrogen functional groups attached to an aromatic ring is 1. The van der Waals surface area contributed by atoms with Gasteiger partial charge < -0.3 is 10.2 Å². The summed E-state index contributed by atoms with van der Waals surface area (Å²) in [4.78, 5) is 4.44. The van der Waals surface area contributed by atoms with Crippen LogP contribution in [0.25, 0.3) is 11.1 Å². The molecular formula is C16H16N2OS. The topological polar surface area (TPSA) is 52.0 Å². The summed E-state index contributed by atoms with van der Waals surface area (Å²) in [5.74, 6) is 0.853. The zero-order valence-electron chi connectivity index (χ0n) is 11.3. The highest BCUT2D eigenvalue weighted by atomic mass is 32.2. The summed E-state index contributed by atoms with van der Waals surface area (Å²) in [6.45, 7) is 2.16. The van der Waals surface area contributed by atoms with Crippen molar-refractivity contribution in [2.24, 2.45) is 0 Å². The first kappa shape index (κ1) is 13.1. The molecule has 0 aliphatic rings. The van der Waals surface area contributed by atoms with Gasteiger partial charge in [-0.25, -0.2) is 4.98 Å². The molecule has 0 bridgehead atoms. The van der Waals surface area contributed by atoms with E-state index in [4.69, 9.17) is 10.2 Å². The molecule has 0 atom stereocenters. The number of nitrogens with zero attached hydrogens (tertiary/aromatic N) is 1.